The molecule has 1 aromatic carbocycles. The molecule has 1 unspecified atom stereocenters. The van der Waals surface area contributed by atoms with E-state index < -0.39 is 23.6 Å². The van der Waals surface area contributed by atoms with Crippen LogP contribution in [0.5, 0.6) is 0 Å². The van der Waals surface area contributed by atoms with Crippen LogP contribution in [0.25, 0.3) is 0 Å². The molecule has 0 aromatic heterocycles. The first kappa shape index (κ1) is 14.4. The summed E-state index contributed by atoms with van der Waals surface area (Å²) >= 11 is 0. The second-order valence-corrected chi connectivity index (χ2v) is 4.40. The lowest BCUT2D eigenvalue weighted by Crippen LogP contribution is -2.39. The van der Waals surface area contributed by atoms with Crippen molar-refractivity contribution >= 4 is 17.5 Å². The second kappa shape index (κ2) is 6.42. The minimum absolute atomic E-state index is 0.125. The predicted octanol–water partition coefficient (Wildman–Crippen LogP) is 1.20. The summed E-state index contributed by atoms with van der Waals surface area (Å²) < 4.78 is 30.8. The standard InChI is InChI=1S/C13H14F2N2O3/c14-9-4-3-8(6-10(9)15)17-12(18)7-16-13(19)11-2-1-5-20-11/h3-4,6,11H,1-2,5,7H2,(H,16,19)(H,17,18). The molecule has 7 heteroatoms. The maximum atomic E-state index is 12.9. The summed E-state index contributed by atoms with van der Waals surface area (Å²) in [6, 6.07) is 3.02. The summed E-state index contributed by atoms with van der Waals surface area (Å²) in [5.74, 6) is -2.91. The zero-order valence-corrected chi connectivity index (χ0v) is 10.6. The second-order valence-electron chi connectivity index (χ2n) is 4.40. The van der Waals surface area contributed by atoms with Gasteiger partial charge >= 0.3 is 0 Å². The molecule has 20 heavy (non-hydrogen) atoms. The van der Waals surface area contributed by atoms with Gasteiger partial charge in [-0.2, -0.15) is 0 Å². The van der Waals surface area contributed by atoms with E-state index in [0.29, 0.717) is 13.0 Å². The minimum Gasteiger partial charge on any atom is -0.368 e. The highest BCUT2D eigenvalue weighted by molar-refractivity contribution is 5.95. The molecule has 1 saturated heterocycles. The van der Waals surface area contributed by atoms with Crippen LogP contribution >= 0.6 is 0 Å². The van der Waals surface area contributed by atoms with E-state index >= 15 is 0 Å². The molecule has 1 aliphatic heterocycles. The summed E-state index contributed by atoms with van der Waals surface area (Å²) in [6.45, 7) is 0.289. The van der Waals surface area contributed by atoms with Gasteiger partial charge in [-0.25, -0.2) is 8.78 Å². The smallest absolute Gasteiger partial charge is 0.249 e. The number of carbonyl (C=O) groups excluding carboxylic acids is 2. The van der Waals surface area contributed by atoms with Crippen LogP contribution in [-0.2, 0) is 14.3 Å². The first-order valence-corrected chi connectivity index (χ1v) is 6.20. The Hall–Kier alpha value is -2.02. The van der Waals surface area contributed by atoms with Crippen molar-refractivity contribution in [2.24, 2.45) is 0 Å². The molecule has 0 bridgehead atoms. The highest BCUT2D eigenvalue weighted by Gasteiger charge is 2.23. The lowest BCUT2D eigenvalue weighted by atomic mass is 10.2. The lowest BCUT2D eigenvalue weighted by molar-refractivity contribution is -0.131. The quantitative estimate of drug-likeness (QED) is 0.873. The van der Waals surface area contributed by atoms with Gasteiger partial charge in [0.15, 0.2) is 11.6 Å². The topological polar surface area (TPSA) is 67.4 Å². The van der Waals surface area contributed by atoms with Gasteiger partial charge in [-0.05, 0) is 25.0 Å². The normalized spacial score (nSPS) is 17.8. The van der Waals surface area contributed by atoms with Crippen LogP contribution in [0.4, 0.5) is 14.5 Å². The van der Waals surface area contributed by atoms with Crippen molar-refractivity contribution in [1.29, 1.82) is 0 Å². The molecule has 0 spiro atoms. The van der Waals surface area contributed by atoms with Gasteiger partial charge in [-0.15, -0.1) is 0 Å². The molecule has 0 saturated carbocycles. The molecule has 2 amide bonds. The summed E-state index contributed by atoms with van der Waals surface area (Å²) in [7, 11) is 0. The van der Waals surface area contributed by atoms with Crippen molar-refractivity contribution in [3.63, 3.8) is 0 Å². The van der Waals surface area contributed by atoms with Crippen LogP contribution in [0.2, 0.25) is 0 Å². The molecule has 0 aliphatic carbocycles. The minimum atomic E-state index is -1.05. The molecule has 108 valence electrons. The molecule has 2 N–H and O–H groups in total. The zero-order valence-electron chi connectivity index (χ0n) is 10.6. The molecule has 0 radical (unpaired) electrons. The third-order valence-corrected chi connectivity index (χ3v) is 2.85. The van der Waals surface area contributed by atoms with Gasteiger partial charge < -0.3 is 15.4 Å². The maximum absolute atomic E-state index is 12.9. The number of rotatable bonds is 4. The van der Waals surface area contributed by atoms with Crippen LogP contribution in [0.1, 0.15) is 12.8 Å². The number of carbonyl (C=O) groups is 2. The van der Waals surface area contributed by atoms with Crippen molar-refractivity contribution in [3.05, 3.63) is 29.8 Å². The molecular formula is C13H14F2N2O3. The summed E-state index contributed by atoms with van der Waals surface area (Å²) in [6.07, 6.45) is 0.946. The van der Waals surface area contributed by atoms with E-state index in [4.69, 9.17) is 4.74 Å². The Morgan fingerprint density at radius 3 is 2.75 bits per heavy atom. The Kier molecular flexibility index (Phi) is 4.62. The highest BCUT2D eigenvalue weighted by atomic mass is 19.2. The third-order valence-electron chi connectivity index (χ3n) is 2.85. The van der Waals surface area contributed by atoms with Gasteiger partial charge in [0.1, 0.15) is 6.10 Å². The molecule has 5 nitrogen and oxygen atoms in total. The number of hydrogen-bond acceptors (Lipinski definition) is 3. The van der Waals surface area contributed by atoms with Gasteiger partial charge in [0.2, 0.25) is 11.8 Å². The number of anilines is 1. The van der Waals surface area contributed by atoms with E-state index in [1.807, 2.05) is 0 Å². The average molecular weight is 284 g/mol. The number of hydrogen-bond donors (Lipinski definition) is 2. The fourth-order valence-corrected chi connectivity index (χ4v) is 1.84. The van der Waals surface area contributed by atoms with Crippen molar-refractivity contribution in [1.82, 2.24) is 5.32 Å². The number of halogens is 2. The van der Waals surface area contributed by atoms with Crippen LogP contribution in [0, 0.1) is 11.6 Å². The molecule has 1 atom stereocenters. The molecule has 1 fully saturated rings. The van der Waals surface area contributed by atoms with Gasteiger partial charge in [0.05, 0.1) is 6.54 Å². The van der Waals surface area contributed by atoms with Crippen molar-refractivity contribution in [3.8, 4) is 0 Å². The largest absolute Gasteiger partial charge is 0.368 e. The summed E-state index contributed by atoms with van der Waals surface area (Å²) in [5.41, 5.74) is 0.125. The molecule has 2 rings (SSSR count). The van der Waals surface area contributed by atoms with E-state index in [2.05, 4.69) is 10.6 Å². The first-order chi connectivity index (χ1) is 9.56. The van der Waals surface area contributed by atoms with Gasteiger partial charge in [0, 0.05) is 18.4 Å². The average Bonchev–Trinajstić information content (AvgIpc) is 2.94. The monoisotopic (exact) mass is 284 g/mol. The summed E-state index contributed by atoms with van der Waals surface area (Å²) in [5, 5.41) is 4.78. The maximum Gasteiger partial charge on any atom is 0.249 e. The number of benzene rings is 1. The fraction of sp³-hybridized carbons (Fsp3) is 0.385. The van der Waals surface area contributed by atoms with Crippen LogP contribution in [0.3, 0.4) is 0 Å². The number of nitrogens with one attached hydrogen (secondary N) is 2. The zero-order chi connectivity index (χ0) is 14.5. The molecule has 1 heterocycles. The Balaban J connectivity index is 1.80. The summed E-state index contributed by atoms with van der Waals surface area (Å²) in [4.78, 5) is 23.1. The van der Waals surface area contributed by atoms with Gasteiger partial charge in [-0.3, -0.25) is 9.59 Å². The Morgan fingerprint density at radius 2 is 2.10 bits per heavy atom. The van der Waals surface area contributed by atoms with E-state index in [1.165, 1.54) is 6.07 Å². The third kappa shape index (κ3) is 3.74. The first-order valence-electron chi connectivity index (χ1n) is 6.20. The van der Waals surface area contributed by atoms with Crippen LogP contribution < -0.4 is 10.6 Å². The van der Waals surface area contributed by atoms with Gasteiger partial charge in [0.25, 0.3) is 0 Å². The van der Waals surface area contributed by atoms with Crippen molar-refractivity contribution in [2.45, 2.75) is 18.9 Å². The van der Waals surface area contributed by atoms with Gasteiger partial charge in [-0.1, -0.05) is 0 Å². The number of amides is 2. The number of ether oxygens (including phenoxy) is 1. The van der Waals surface area contributed by atoms with E-state index in [0.717, 1.165) is 18.6 Å². The van der Waals surface area contributed by atoms with Crippen LogP contribution in [-0.4, -0.2) is 31.1 Å². The van der Waals surface area contributed by atoms with E-state index in [-0.39, 0.29) is 18.1 Å². The predicted molar refractivity (Wildman–Crippen MR) is 67.0 cm³/mol. The van der Waals surface area contributed by atoms with E-state index in [1.54, 1.807) is 0 Å². The van der Waals surface area contributed by atoms with Crippen LogP contribution in [0.15, 0.2) is 18.2 Å². The SMILES string of the molecule is O=C(CNC(=O)C1CCCO1)Nc1ccc(F)c(F)c1. The Bertz CT molecular complexity index is 516. The molecular weight excluding hydrogens is 270 g/mol. The fourth-order valence-electron chi connectivity index (χ4n) is 1.84. The van der Waals surface area contributed by atoms with E-state index in [9.17, 15) is 18.4 Å². The van der Waals surface area contributed by atoms with Crippen molar-refractivity contribution < 1.29 is 23.1 Å². The molecule has 1 aromatic rings. The highest BCUT2D eigenvalue weighted by Crippen LogP contribution is 2.13. The molecule has 1 aliphatic rings. The lowest BCUT2D eigenvalue weighted by Gasteiger charge is -2.10. The van der Waals surface area contributed by atoms with Crippen molar-refractivity contribution in [2.75, 3.05) is 18.5 Å². The Labute approximate surface area is 114 Å². The Morgan fingerprint density at radius 1 is 1.30 bits per heavy atom.